The molecule has 1 aliphatic rings. The van der Waals surface area contributed by atoms with Gasteiger partial charge in [0, 0.05) is 33.4 Å². The van der Waals surface area contributed by atoms with E-state index in [9.17, 15) is 4.79 Å². The quantitative estimate of drug-likeness (QED) is 0.691. The molecule has 0 bridgehead atoms. The van der Waals surface area contributed by atoms with E-state index in [-0.39, 0.29) is 12.0 Å². The number of amides is 1. The average molecular weight is 294 g/mol. The molecule has 1 unspecified atom stereocenters. The van der Waals surface area contributed by atoms with E-state index >= 15 is 0 Å². The van der Waals surface area contributed by atoms with Crippen LogP contribution in [-0.4, -0.2) is 55.6 Å². The molecule has 21 heavy (non-hydrogen) atoms. The van der Waals surface area contributed by atoms with Gasteiger partial charge in [0.1, 0.15) is 5.82 Å². The van der Waals surface area contributed by atoms with Gasteiger partial charge in [-0.15, -0.1) is 10.2 Å². The molecule has 1 fully saturated rings. The van der Waals surface area contributed by atoms with Crippen molar-refractivity contribution in [3.8, 4) is 0 Å². The number of rotatable bonds is 8. The summed E-state index contributed by atoms with van der Waals surface area (Å²) in [6.45, 7) is 2.76. The van der Waals surface area contributed by atoms with Gasteiger partial charge in [-0.05, 0) is 31.4 Å². The molecule has 2 rings (SSSR count). The van der Waals surface area contributed by atoms with Crippen LogP contribution in [0.4, 0.5) is 5.82 Å². The smallest absolute Gasteiger partial charge is 0.271 e. The molecule has 2 heterocycles. The number of hydrogen-bond acceptors (Lipinski definition) is 6. The van der Waals surface area contributed by atoms with Crippen LogP contribution in [0.15, 0.2) is 12.1 Å². The number of methoxy groups -OCH3 is 1. The second kappa shape index (κ2) is 8.53. The summed E-state index contributed by atoms with van der Waals surface area (Å²) in [5, 5.41) is 13.8. The highest BCUT2D eigenvalue weighted by molar-refractivity contribution is 5.92. The molecule has 0 aromatic carbocycles. The molecule has 2 N–H and O–H groups in total. The summed E-state index contributed by atoms with van der Waals surface area (Å²) < 4.78 is 10.4. The second-order valence-electron chi connectivity index (χ2n) is 4.92. The van der Waals surface area contributed by atoms with Gasteiger partial charge >= 0.3 is 0 Å². The summed E-state index contributed by atoms with van der Waals surface area (Å²) in [6.07, 6.45) is 3.07. The van der Waals surface area contributed by atoms with E-state index in [4.69, 9.17) is 9.47 Å². The number of nitrogens with zero attached hydrogens (tertiary/aromatic N) is 2. The number of carbonyl (C=O) groups is 1. The zero-order valence-electron chi connectivity index (χ0n) is 12.3. The molecule has 0 spiro atoms. The van der Waals surface area contributed by atoms with Gasteiger partial charge in [0.05, 0.1) is 6.10 Å². The second-order valence-corrected chi connectivity index (χ2v) is 4.92. The van der Waals surface area contributed by atoms with Crippen LogP contribution in [0.2, 0.25) is 0 Å². The Kier molecular flexibility index (Phi) is 6.36. The van der Waals surface area contributed by atoms with Crippen LogP contribution in [0.5, 0.6) is 0 Å². The Balaban J connectivity index is 1.73. The van der Waals surface area contributed by atoms with Crippen molar-refractivity contribution in [1.82, 2.24) is 15.5 Å². The molecule has 116 valence electrons. The average Bonchev–Trinajstić information content (AvgIpc) is 3.03. The monoisotopic (exact) mass is 294 g/mol. The predicted molar refractivity (Wildman–Crippen MR) is 78.3 cm³/mol. The third kappa shape index (κ3) is 5.28. The Morgan fingerprint density at radius 2 is 2.38 bits per heavy atom. The molecule has 7 nitrogen and oxygen atoms in total. The van der Waals surface area contributed by atoms with E-state index in [1.54, 1.807) is 19.2 Å². The van der Waals surface area contributed by atoms with Gasteiger partial charge in [0.25, 0.3) is 5.91 Å². The number of anilines is 1. The first kappa shape index (κ1) is 15.7. The minimum absolute atomic E-state index is 0.128. The number of hydrogen-bond donors (Lipinski definition) is 2. The van der Waals surface area contributed by atoms with E-state index < -0.39 is 0 Å². The van der Waals surface area contributed by atoms with Crippen LogP contribution in [-0.2, 0) is 9.47 Å². The first-order valence-electron chi connectivity index (χ1n) is 7.26. The van der Waals surface area contributed by atoms with Crippen LogP contribution >= 0.6 is 0 Å². The maximum absolute atomic E-state index is 11.9. The lowest BCUT2D eigenvalue weighted by Gasteiger charge is -2.10. The van der Waals surface area contributed by atoms with Crippen molar-refractivity contribution in [2.45, 2.75) is 25.4 Å². The molecule has 0 aliphatic carbocycles. The van der Waals surface area contributed by atoms with Crippen LogP contribution in [0.3, 0.4) is 0 Å². The first-order chi connectivity index (χ1) is 10.3. The van der Waals surface area contributed by atoms with Crippen molar-refractivity contribution in [2.75, 3.05) is 38.7 Å². The molecule has 1 atom stereocenters. The van der Waals surface area contributed by atoms with Crippen molar-refractivity contribution in [3.05, 3.63) is 17.8 Å². The highest BCUT2D eigenvalue weighted by atomic mass is 16.5. The van der Waals surface area contributed by atoms with Crippen molar-refractivity contribution in [2.24, 2.45) is 0 Å². The molecule has 1 amide bonds. The Morgan fingerprint density at radius 3 is 3.05 bits per heavy atom. The van der Waals surface area contributed by atoms with Gasteiger partial charge in [-0.3, -0.25) is 4.79 Å². The van der Waals surface area contributed by atoms with Gasteiger partial charge in [0.2, 0.25) is 0 Å². The fraction of sp³-hybridized carbons (Fsp3) is 0.643. The Bertz CT molecular complexity index is 432. The van der Waals surface area contributed by atoms with Gasteiger partial charge in [0.15, 0.2) is 5.69 Å². The van der Waals surface area contributed by atoms with E-state index in [0.717, 1.165) is 32.4 Å². The van der Waals surface area contributed by atoms with E-state index in [2.05, 4.69) is 20.8 Å². The Morgan fingerprint density at radius 1 is 1.48 bits per heavy atom. The minimum Gasteiger partial charge on any atom is -0.385 e. The molecule has 1 saturated heterocycles. The summed E-state index contributed by atoms with van der Waals surface area (Å²) in [4.78, 5) is 11.9. The maximum Gasteiger partial charge on any atom is 0.271 e. The Labute approximate surface area is 124 Å². The number of ether oxygens (including phenoxy) is 2. The summed E-state index contributed by atoms with van der Waals surface area (Å²) in [5.41, 5.74) is 0.315. The lowest BCUT2D eigenvalue weighted by Crippen LogP contribution is -2.32. The first-order valence-corrected chi connectivity index (χ1v) is 7.26. The summed E-state index contributed by atoms with van der Waals surface area (Å²) >= 11 is 0. The van der Waals surface area contributed by atoms with Crippen LogP contribution in [0.1, 0.15) is 29.8 Å². The fourth-order valence-corrected chi connectivity index (χ4v) is 2.08. The number of nitrogens with one attached hydrogen (secondary N) is 2. The molecular weight excluding hydrogens is 272 g/mol. The van der Waals surface area contributed by atoms with Crippen molar-refractivity contribution in [3.63, 3.8) is 0 Å². The highest BCUT2D eigenvalue weighted by Gasteiger charge is 2.17. The van der Waals surface area contributed by atoms with Gasteiger partial charge < -0.3 is 20.1 Å². The topological polar surface area (TPSA) is 85.4 Å². The van der Waals surface area contributed by atoms with Crippen molar-refractivity contribution in [1.29, 1.82) is 0 Å². The fourth-order valence-electron chi connectivity index (χ4n) is 2.08. The number of carbonyl (C=O) groups excluding carboxylic acids is 1. The molecule has 0 saturated carbocycles. The van der Waals surface area contributed by atoms with Crippen molar-refractivity contribution < 1.29 is 14.3 Å². The predicted octanol–water partition coefficient (Wildman–Crippen LogP) is 0.834. The molecular formula is C14H22N4O3. The standard InChI is InChI=1S/C14H22N4O3/c1-20-8-3-7-15-13-6-5-12(17-18-13)14(19)16-10-11-4-2-9-21-11/h5-6,11H,2-4,7-10H2,1H3,(H,15,18)(H,16,19). The normalized spacial score (nSPS) is 17.7. The zero-order valence-corrected chi connectivity index (χ0v) is 12.3. The molecule has 1 aromatic rings. The number of aromatic nitrogens is 2. The molecule has 0 radical (unpaired) electrons. The summed E-state index contributed by atoms with van der Waals surface area (Å²) in [6, 6.07) is 3.41. The highest BCUT2D eigenvalue weighted by Crippen LogP contribution is 2.10. The lowest BCUT2D eigenvalue weighted by atomic mass is 10.2. The van der Waals surface area contributed by atoms with Crippen LogP contribution in [0.25, 0.3) is 0 Å². The summed E-state index contributed by atoms with van der Waals surface area (Å²) in [7, 11) is 1.67. The summed E-state index contributed by atoms with van der Waals surface area (Å²) in [5.74, 6) is 0.436. The molecule has 1 aliphatic heterocycles. The third-order valence-corrected chi connectivity index (χ3v) is 3.24. The molecule has 1 aromatic heterocycles. The van der Waals surface area contributed by atoms with E-state index in [1.807, 2.05) is 0 Å². The third-order valence-electron chi connectivity index (χ3n) is 3.24. The largest absolute Gasteiger partial charge is 0.385 e. The SMILES string of the molecule is COCCCNc1ccc(C(=O)NCC2CCCO2)nn1. The van der Waals surface area contributed by atoms with Gasteiger partial charge in [-0.2, -0.15) is 0 Å². The van der Waals surface area contributed by atoms with E-state index in [0.29, 0.717) is 24.7 Å². The van der Waals surface area contributed by atoms with Crippen molar-refractivity contribution >= 4 is 11.7 Å². The Hall–Kier alpha value is -1.73. The zero-order chi connectivity index (χ0) is 14.9. The van der Waals surface area contributed by atoms with Gasteiger partial charge in [-0.1, -0.05) is 0 Å². The minimum atomic E-state index is -0.219. The van der Waals surface area contributed by atoms with Crippen LogP contribution in [0, 0.1) is 0 Å². The van der Waals surface area contributed by atoms with Gasteiger partial charge in [-0.25, -0.2) is 0 Å². The molecule has 7 heteroatoms. The lowest BCUT2D eigenvalue weighted by molar-refractivity contribution is 0.0853. The van der Waals surface area contributed by atoms with E-state index in [1.165, 1.54) is 0 Å². The maximum atomic E-state index is 11.9. The van der Waals surface area contributed by atoms with Crippen LogP contribution < -0.4 is 10.6 Å².